The quantitative estimate of drug-likeness (QED) is 0.294. The summed E-state index contributed by atoms with van der Waals surface area (Å²) in [4.78, 5) is 38.5. The Morgan fingerprint density at radius 2 is 1.72 bits per heavy atom. The van der Waals surface area contributed by atoms with Crippen molar-refractivity contribution >= 4 is 29.4 Å². The Morgan fingerprint density at radius 3 is 2.42 bits per heavy atom. The lowest BCUT2D eigenvalue weighted by atomic mass is 9.83. The number of rotatable bonds is 10. The van der Waals surface area contributed by atoms with Gasteiger partial charge in [-0.1, -0.05) is 67.4 Å². The summed E-state index contributed by atoms with van der Waals surface area (Å²) in [5.74, 6) is -0.125. The predicted molar refractivity (Wildman–Crippen MR) is 165 cm³/mol. The van der Waals surface area contributed by atoms with E-state index in [4.69, 9.17) is 9.47 Å². The maximum atomic E-state index is 13.8. The van der Waals surface area contributed by atoms with Gasteiger partial charge < -0.3 is 14.8 Å². The van der Waals surface area contributed by atoms with Crippen molar-refractivity contribution < 1.29 is 23.9 Å². The van der Waals surface area contributed by atoms with Crippen LogP contribution in [-0.2, 0) is 36.8 Å². The van der Waals surface area contributed by atoms with Gasteiger partial charge in [0.15, 0.2) is 6.61 Å². The van der Waals surface area contributed by atoms with E-state index in [9.17, 15) is 14.4 Å². The van der Waals surface area contributed by atoms with Gasteiger partial charge in [0.2, 0.25) is 11.8 Å². The molecule has 1 saturated carbocycles. The van der Waals surface area contributed by atoms with E-state index in [1.807, 2.05) is 92.7 Å². The summed E-state index contributed by atoms with van der Waals surface area (Å²) in [6, 6.07) is 25.1. The number of ether oxygens (including phenoxy) is 2. The van der Waals surface area contributed by atoms with Gasteiger partial charge in [-0.15, -0.1) is 5.10 Å². The molecule has 1 heterocycles. The first-order chi connectivity index (χ1) is 20.7. The molecule has 1 unspecified atom stereocenters. The Morgan fingerprint density at radius 1 is 1.00 bits per heavy atom. The average Bonchev–Trinajstić information content (AvgIpc) is 3.53. The maximum absolute atomic E-state index is 13.8. The highest BCUT2D eigenvalue weighted by atomic mass is 16.5. The van der Waals surface area contributed by atoms with Crippen molar-refractivity contribution in [3.63, 3.8) is 0 Å². The highest BCUT2D eigenvalue weighted by molar-refractivity contribution is 5.98. The number of benzene rings is 3. The van der Waals surface area contributed by atoms with Crippen LogP contribution < -0.4 is 5.32 Å². The molecule has 1 atom stereocenters. The molecule has 8 heteroatoms. The van der Waals surface area contributed by atoms with E-state index >= 15 is 0 Å². The zero-order valence-corrected chi connectivity index (χ0v) is 25.0. The zero-order chi connectivity index (χ0) is 30.4. The summed E-state index contributed by atoms with van der Waals surface area (Å²) in [5, 5.41) is 9.05. The fourth-order valence-electron chi connectivity index (χ4n) is 6.01. The average molecular weight is 582 g/mol. The third-order valence-electron chi connectivity index (χ3n) is 8.26. The third kappa shape index (κ3) is 7.31. The van der Waals surface area contributed by atoms with Crippen LogP contribution in [0.5, 0.6) is 0 Å². The van der Waals surface area contributed by atoms with Crippen LogP contribution in [-0.4, -0.2) is 42.4 Å². The summed E-state index contributed by atoms with van der Waals surface area (Å²) in [5.41, 5.74) is 3.68. The Bertz CT molecular complexity index is 1480. The number of esters is 1. The van der Waals surface area contributed by atoms with Crippen LogP contribution in [0.2, 0.25) is 0 Å². The van der Waals surface area contributed by atoms with E-state index in [1.165, 1.54) is 12.1 Å². The Labute approximate surface area is 253 Å². The van der Waals surface area contributed by atoms with E-state index < -0.39 is 5.41 Å². The molecule has 224 valence electrons. The minimum atomic E-state index is -0.675. The Kier molecular flexibility index (Phi) is 9.24. The third-order valence-corrected chi connectivity index (χ3v) is 8.26. The molecule has 0 spiro atoms. The number of nitrogens with one attached hydrogen (secondary N) is 1. The molecule has 1 N–H and O–H groups in total. The summed E-state index contributed by atoms with van der Waals surface area (Å²) in [6.45, 7) is 3.96. The molecule has 0 aromatic heterocycles. The smallest absolute Gasteiger partial charge is 0.311 e. The molecule has 2 amide bonds. The van der Waals surface area contributed by atoms with Crippen LogP contribution in [0.1, 0.15) is 67.7 Å². The molecule has 3 aromatic rings. The summed E-state index contributed by atoms with van der Waals surface area (Å²) in [6.07, 6.45) is 4.75. The highest BCUT2D eigenvalue weighted by Crippen LogP contribution is 2.38. The van der Waals surface area contributed by atoms with Crippen LogP contribution in [0.15, 0.2) is 84.0 Å². The molecule has 5 rings (SSSR count). The van der Waals surface area contributed by atoms with E-state index in [-0.39, 0.29) is 36.2 Å². The van der Waals surface area contributed by atoms with Crippen molar-refractivity contribution in [2.45, 2.75) is 58.4 Å². The second-order valence-electron chi connectivity index (χ2n) is 12.0. The van der Waals surface area contributed by atoms with Crippen molar-refractivity contribution in [3.05, 3.63) is 101 Å². The minimum absolute atomic E-state index is 0.0375. The van der Waals surface area contributed by atoms with Gasteiger partial charge in [0.25, 0.3) is 5.91 Å². The van der Waals surface area contributed by atoms with E-state index in [0.717, 1.165) is 47.9 Å². The lowest BCUT2D eigenvalue weighted by molar-refractivity contribution is -0.150. The van der Waals surface area contributed by atoms with Crippen molar-refractivity contribution in [2.24, 2.45) is 16.4 Å². The van der Waals surface area contributed by atoms with Gasteiger partial charge in [0, 0.05) is 11.3 Å². The molecular weight excluding hydrogens is 542 g/mol. The van der Waals surface area contributed by atoms with Crippen molar-refractivity contribution in [3.8, 4) is 0 Å². The zero-order valence-electron chi connectivity index (χ0n) is 25.0. The second kappa shape index (κ2) is 13.2. The number of anilines is 1. The number of hydrazone groups is 1. The summed E-state index contributed by atoms with van der Waals surface area (Å²) >= 11 is 0. The van der Waals surface area contributed by atoms with Gasteiger partial charge in [-0.25, -0.2) is 5.01 Å². The molecule has 0 bridgehead atoms. The van der Waals surface area contributed by atoms with Crippen LogP contribution in [0.3, 0.4) is 0 Å². The molecule has 43 heavy (non-hydrogen) atoms. The molecular formula is C35H39N3O5. The Balaban J connectivity index is 1.31. The van der Waals surface area contributed by atoms with Crippen LogP contribution in [0, 0.1) is 11.3 Å². The number of carbonyl (C=O) groups excluding carboxylic acids is 3. The molecule has 1 aliphatic carbocycles. The molecule has 1 fully saturated rings. The maximum Gasteiger partial charge on any atom is 0.311 e. The number of carbonyl (C=O) groups is 3. The van der Waals surface area contributed by atoms with Gasteiger partial charge in [-0.2, -0.15) is 0 Å². The molecule has 2 aliphatic rings. The van der Waals surface area contributed by atoms with Crippen LogP contribution >= 0.6 is 0 Å². The van der Waals surface area contributed by atoms with E-state index in [2.05, 4.69) is 10.4 Å². The fraction of sp³-hybridized carbons (Fsp3) is 0.371. The first kappa shape index (κ1) is 30.0. The van der Waals surface area contributed by atoms with Crippen LogP contribution in [0.4, 0.5) is 5.69 Å². The Hall–Kier alpha value is -4.46. The molecule has 8 nitrogen and oxygen atoms in total. The molecule has 0 radical (unpaired) electrons. The molecule has 0 saturated heterocycles. The lowest BCUT2D eigenvalue weighted by Gasteiger charge is -2.25. The first-order valence-electron chi connectivity index (χ1n) is 14.9. The van der Waals surface area contributed by atoms with E-state index in [1.54, 1.807) is 0 Å². The van der Waals surface area contributed by atoms with Crippen molar-refractivity contribution in [1.29, 1.82) is 0 Å². The van der Waals surface area contributed by atoms with Gasteiger partial charge in [-0.05, 0) is 80.0 Å². The highest BCUT2D eigenvalue weighted by Gasteiger charge is 2.33. The van der Waals surface area contributed by atoms with Gasteiger partial charge >= 0.3 is 5.97 Å². The standard InChI is InChI=1S/C35H39N3O5/c1-35(2,34(41)42-3)21-25-10-9-15-29(20-25)36-32(40)31(26-11-7-8-12-26)27-18-16-24(17-19-27)22-38-30(39)23-43-33(37-38)28-13-5-4-6-14-28/h4-6,9-10,13-20,26,31H,7-8,11-12,21-23H2,1-3H3,(H,36,40). The van der Waals surface area contributed by atoms with Crippen molar-refractivity contribution in [1.82, 2.24) is 5.01 Å². The number of methoxy groups -OCH3 is 1. The molecule has 3 aromatic carbocycles. The van der Waals surface area contributed by atoms with Crippen LogP contribution in [0.25, 0.3) is 0 Å². The predicted octanol–water partition coefficient (Wildman–Crippen LogP) is 6.06. The second-order valence-corrected chi connectivity index (χ2v) is 12.0. The normalized spacial score (nSPS) is 16.3. The number of nitrogens with zero attached hydrogens (tertiary/aromatic N) is 2. The van der Waals surface area contributed by atoms with Gasteiger partial charge in [-0.3, -0.25) is 14.4 Å². The summed E-state index contributed by atoms with van der Waals surface area (Å²) in [7, 11) is 1.40. The minimum Gasteiger partial charge on any atom is -0.469 e. The van der Waals surface area contributed by atoms with Crippen molar-refractivity contribution in [2.75, 3.05) is 19.0 Å². The van der Waals surface area contributed by atoms with Gasteiger partial charge in [0.1, 0.15) is 0 Å². The number of hydrogen-bond donors (Lipinski definition) is 1. The van der Waals surface area contributed by atoms with Gasteiger partial charge in [0.05, 0.1) is 25.0 Å². The topological polar surface area (TPSA) is 97.3 Å². The monoisotopic (exact) mass is 581 g/mol. The number of hydrogen-bond acceptors (Lipinski definition) is 6. The lowest BCUT2D eigenvalue weighted by Crippen LogP contribution is -2.36. The largest absolute Gasteiger partial charge is 0.469 e. The molecule has 1 aliphatic heterocycles. The first-order valence-corrected chi connectivity index (χ1v) is 14.9. The summed E-state index contributed by atoms with van der Waals surface area (Å²) < 4.78 is 10.5. The SMILES string of the molecule is COC(=O)C(C)(C)Cc1cccc(NC(=O)C(c2ccc(CN3N=C(c4ccccc4)OCC3=O)cc2)C2CCCC2)c1. The fourth-order valence-corrected chi connectivity index (χ4v) is 6.01. The number of amides is 2. The van der Waals surface area contributed by atoms with E-state index in [0.29, 0.717) is 24.6 Å².